The number of carboxylic acids is 1. The summed E-state index contributed by atoms with van der Waals surface area (Å²) in [5, 5.41) is 11.7. The largest absolute Gasteiger partial charge is 0.481 e. The fourth-order valence-corrected chi connectivity index (χ4v) is 5.93. The minimum atomic E-state index is -3.87. The first kappa shape index (κ1) is 56.8. The molecule has 0 aromatic heterocycles. The second-order valence-electron chi connectivity index (χ2n) is 14.2. The van der Waals surface area contributed by atoms with Crippen LogP contribution in [0.2, 0.25) is 5.02 Å². The number of nitrogens with two attached hydrogens (primary N) is 1. The summed E-state index contributed by atoms with van der Waals surface area (Å²) >= 11 is 5.72. The molecule has 1 aromatic rings. The highest BCUT2D eigenvalue weighted by molar-refractivity contribution is 7.85. The van der Waals surface area contributed by atoms with E-state index in [-0.39, 0.29) is 68.1 Å². The maximum atomic E-state index is 12.2. The van der Waals surface area contributed by atoms with Crippen LogP contribution in [-0.4, -0.2) is 86.0 Å². The van der Waals surface area contributed by atoms with Crippen molar-refractivity contribution in [1.29, 1.82) is 0 Å². The van der Waals surface area contributed by atoms with Crippen LogP contribution >= 0.6 is 11.6 Å². The SMILES string of the molecule is CC(=O)NCCCS(=O)(=O)O.CCCCCCCC(=O)OCC(COC(=O)CCCCCCC)OC(=O)CCCCCCC.NCC(CC(=O)O)c1ccc(Cl)cc1. The number of unbranched alkanes of at least 4 members (excludes halogenated alkanes) is 12. The fraction of sp³-hybridized carbons (Fsp3) is 0.738. The van der Waals surface area contributed by atoms with E-state index in [1.54, 1.807) is 12.1 Å². The van der Waals surface area contributed by atoms with Gasteiger partial charge in [0.1, 0.15) is 13.2 Å². The number of hydrogen-bond acceptors (Lipinski definition) is 11. The van der Waals surface area contributed by atoms with Crippen molar-refractivity contribution >= 4 is 51.5 Å². The Balaban J connectivity index is 0. The van der Waals surface area contributed by atoms with Crippen molar-refractivity contribution in [2.45, 2.75) is 168 Å². The summed E-state index contributed by atoms with van der Waals surface area (Å²) in [7, 11) is -3.87. The highest BCUT2D eigenvalue weighted by Gasteiger charge is 2.19. The lowest BCUT2D eigenvalue weighted by atomic mass is 9.96. The van der Waals surface area contributed by atoms with Crippen LogP contribution in [0.15, 0.2) is 24.3 Å². The Labute approximate surface area is 352 Å². The van der Waals surface area contributed by atoms with Crippen molar-refractivity contribution in [2.24, 2.45) is 5.73 Å². The lowest BCUT2D eigenvalue weighted by Crippen LogP contribution is -2.30. The van der Waals surface area contributed by atoms with Gasteiger partial charge in [0.2, 0.25) is 5.91 Å². The maximum absolute atomic E-state index is 12.2. The van der Waals surface area contributed by atoms with Crippen molar-refractivity contribution in [2.75, 3.05) is 32.1 Å². The predicted molar refractivity (Wildman–Crippen MR) is 227 cm³/mol. The zero-order chi connectivity index (χ0) is 44.0. The van der Waals surface area contributed by atoms with E-state index in [2.05, 4.69) is 26.1 Å². The van der Waals surface area contributed by atoms with E-state index in [1.807, 2.05) is 12.1 Å². The third kappa shape index (κ3) is 39.6. The zero-order valence-electron chi connectivity index (χ0n) is 35.5. The smallest absolute Gasteiger partial charge is 0.306 e. The molecule has 5 N–H and O–H groups in total. The molecular formula is C42H73ClN2O12S. The van der Waals surface area contributed by atoms with E-state index in [9.17, 15) is 32.4 Å². The summed E-state index contributed by atoms with van der Waals surface area (Å²) in [5.74, 6) is -2.42. The third-order valence-corrected chi connectivity index (χ3v) is 9.67. The van der Waals surface area contributed by atoms with Crippen LogP contribution in [0.3, 0.4) is 0 Å². The van der Waals surface area contributed by atoms with Crippen molar-refractivity contribution in [3.05, 3.63) is 34.9 Å². The van der Waals surface area contributed by atoms with Crippen molar-refractivity contribution in [3.63, 3.8) is 0 Å². The first-order valence-electron chi connectivity index (χ1n) is 21.0. The average molecular weight is 866 g/mol. The number of carbonyl (C=O) groups excluding carboxylic acids is 4. The molecule has 0 spiro atoms. The quantitative estimate of drug-likeness (QED) is 0.0239. The Bertz CT molecular complexity index is 1320. The number of aliphatic carboxylic acids is 1. The first-order chi connectivity index (χ1) is 27.6. The molecule has 14 nitrogen and oxygen atoms in total. The number of rotatable bonds is 31. The molecule has 0 heterocycles. The van der Waals surface area contributed by atoms with Crippen LogP contribution in [0.4, 0.5) is 0 Å². The van der Waals surface area contributed by atoms with E-state index in [4.69, 9.17) is 41.2 Å². The Morgan fingerprint density at radius 2 is 1.14 bits per heavy atom. The molecule has 58 heavy (non-hydrogen) atoms. The van der Waals surface area contributed by atoms with Crippen LogP contribution in [-0.2, 0) is 48.3 Å². The number of ether oxygens (including phenoxy) is 3. The number of benzene rings is 1. The molecular weight excluding hydrogens is 792 g/mol. The van der Waals surface area contributed by atoms with E-state index >= 15 is 0 Å². The molecule has 1 unspecified atom stereocenters. The molecule has 0 saturated carbocycles. The lowest BCUT2D eigenvalue weighted by Gasteiger charge is -2.18. The average Bonchev–Trinajstić information content (AvgIpc) is 3.16. The number of carbonyl (C=O) groups is 5. The van der Waals surface area contributed by atoms with Crippen molar-refractivity contribution < 1.29 is 56.3 Å². The Morgan fingerprint density at radius 1 is 0.707 bits per heavy atom. The summed E-state index contributed by atoms with van der Waals surface area (Å²) < 4.78 is 44.6. The zero-order valence-corrected chi connectivity index (χ0v) is 37.1. The minimum Gasteiger partial charge on any atom is -0.481 e. The Kier molecular flexibility index (Phi) is 37.2. The first-order valence-corrected chi connectivity index (χ1v) is 22.9. The molecule has 0 saturated heterocycles. The predicted octanol–water partition coefficient (Wildman–Crippen LogP) is 8.32. The number of halogens is 1. The van der Waals surface area contributed by atoms with Crippen molar-refractivity contribution in [1.82, 2.24) is 5.32 Å². The molecule has 0 bridgehead atoms. The van der Waals surface area contributed by atoms with Gasteiger partial charge in [-0.3, -0.25) is 28.5 Å². The van der Waals surface area contributed by atoms with Gasteiger partial charge in [-0.25, -0.2) is 0 Å². The minimum absolute atomic E-state index is 0.0537. The van der Waals surface area contributed by atoms with Crippen LogP contribution < -0.4 is 11.1 Å². The van der Waals surface area contributed by atoms with Gasteiger partial charge in [0, 0.05) is 43.7 Å². The van der Waals surface area contributed by atoms with Gasteiger partial charge in [0.15, 0.2) is 6.10 Å². The molecule has 0 aliphatic carbocycles. The number of esters is 3. The van der Waals surface area contributed by atoms with Crippen LogP contribution in [0.5, 0.6) is 0 Å². The number of amides is 1. The van der Waals surface area contributed by atoms with Gasteiger partial charge in [-0.05, 0) is 49.9 Å². The highest BCUT2D eigenvalue weighted by atomic mass is 35.5. The van der Waals surface area contributed by atoms with E-state index < -0.39 is 22.2 Å². The van der Waals surface area contributed by atoms with Gasteiger partial charge in [0.25, 0.3) is 10.1 Å². The van der Waals surface area contributed by atoms with E-state index in [1.165, 1.54) is 26.2 Å². The molecule has 1 amide bonds. The van der Waals surface area contributed by atoms with Crippen LogP contribution in [0.1, 0.15) is 168 Å². The monoisotopic (exact) mass is 864 g/mol. The second-order valence-corrected chi connectivity index (χ2v) is 16.2. The molecule has 0 aliphatic rings. The fourth-order valence-electron chi connectivity index (χ4n) is 5.30. The molecule has 0 aliphatic heterocycles. The van der Waals surface area contributed by atoms with Crippen LogP contribution in [0, 0.1) is 0 Å². The van der Waals surface area contributed by atoms with Crippen LogP contribution in [0.25, 0.3) is 0 Å². The normalized spacial score (nSPS) is 11.3. The Hall–Kier alpha value is -3.27. The van der Waals surface area contributed by atoms with Gasteiger partial charge < -0.3 is 30.4 Å². The summed E-state index contributed by atoms with van der Waals surface area (Å²) in [6.45, 7) is 8.26. The summed E-state index contributed by atoms with van der Waals surface area (Å²) in [4.78, 5) is 57.1. The van der Waals surface area contributed by atoms with E-state index in [0.717, 1.165) is 82.6 Å². The molecule has 16 heteroatoms. The standard InChI is InChI=1S/C27H50O6.C10H12ClNO2.C5H11NO4S/c1-4-7-10-13-16-19-25(28)31-22-24(33-27(30)21-18-15-12-9-6-3)23-32-26(29)20-17-14-11-8-5-2;11-9-3-1-7(2-4-9)8(6-12)5-10(13)14;1-5(7)6-3-2-4-11(8,9)10/h24H,4-23H2,1-3H3;1-4,8H,5-6,12H2,(H,13,14);2-4H2,1H3,(H,6,7)(H,8,9,10). The Morgan fingerprint density at radius 3 is 1.52 bits per heavy atom. The summed E-state index contributed by atoms with van der Waals surface area (Å²) in [6.07, 6.45) is 16.3. The summed E-state index contributed by atoms with van der Waals surface area (Å²) in [6, 6.07) is 7.09. The molecule has 1 atom stereocenters. The molecule has 0 fully saturated rings. The number of nitrogens with one attached hydrogen (secondary N) is 1. The molecule has 336 valence electrons. The molecule has 0 radical (unpaired) electrons. The van der Waals surface area contributed by atoms with Gasteiger partial charge in [-0.1, -0.05) is 122 Å². The van der Waals surface area contributed by atoms with Crippen molar-refractivity contribution in [3.8, 4) is 0 Å². The van der Waals surface area contributed by atoms with Gasteiger partial charge in [-0.2, -0.15) is 8.42 Å². The highest BCUT2D eigenvalue weighted by Crippen LogP contribution is 2.20. The summed E-state index contributed by atoms with van der Waals surface area (Å²) in [5.41, 5.74) is 6.41. The third-order valence-electron chi connectivity index (χ3n) is 8.61. The molecule has 1 aromatic carbocycles. The lowest BCUT2D eigenvalue weighted by molar-refractivity contribution is -0.167. The number of hydrogen-bond donors (Lipinski definition) is 4. The molecule has 1 rings (SSSR count). The van der Waals surface area contributed by atoms with E-state index in [0.29, 0.717) is 30.8 Å². The van der Waals surface area contributed by atoms with Gasteiger partial charge in [-0.15, -0.1) is 0 Å². The topological polar surface area (TPSA) is 226 Å². The second kappa shape index (κ2) is 38.0. The maximum Gasteiger partial charge on any atom is 0.306 e. The van der Waals surface area contributed by atoms with Gasteiger partial charge in [0.05, 0.1) is 12.2 Å². The number of carboxylic acid groups (broad SMARTS) is 1. The van der Waals surface area contributed by atoms with Gasteiger partial charge >= 0.3 is 23.9 Å².